The normalized spacial score (nSPS) is 19.7. The van der Waals surface area contributed by atoms with Crippen molar-refractivity contribution in [3.8, 4) is 6.07 Å². The maximum atomic E-state index is 13.0. The first-order valence-corrected chi connectivity index (χ1v) is 11.6. The molecule has 1 unspecified atom stereocenters. The number of nitrogens with one attached hydrogen (secondary N) is 1. The second-order valence-corrected chi connectivity index (χ2v) is 9.53. The number of hydrogen-bond donors (Lipinski definition) is 1. The van der Waals surface area contributed by atoms with Crippen LogP contribution in [0, 0.1) is 11.3 Å². The summed E-state index contributed by atoms with van der Waals surface area (Å²) in [5, 5.41) is 13.3. The summed E-state index contributed by atoms with van der Waals surface area (Å²) in [5.41, 5.74) is 7.97. The van der Waals surface area contributed by atoms with Gasteiger partial charge in [-0.2, -0.15) is 5.26 Å². The molecule has 6 heteroatoms. The summed E-state index contributed by atoms with van der Waals surface area (Å²) in [5.74, 6) is 0.736. The Morgan fingerprint density at radius 2 is 1.94 bits per heavy atom. The number of amides is 1. The molecule has 7 rings (SSSR count). The molecular formula is C28H21N5O. The second kappa shape index (κ2) is 6.88. The van der Waals surface area contributed by atoms with Crippen LogP contribution in [-0.2, 0) is 36.0 Å². The summed E-state index contributed by atoms with van der Waals surface area (Å²) in [6, 6.07) is 20.7. The number of hydrogen-bond acceptors (Lipinski definition) is 5. The van der Waals surface area contributed by atoms with E-state index in [-0.39, 0.29) is 5.91 Å². The number of carbonyl (C=O) groups excluding carboxylic acids is 1. The summed E-state index contributed by atoms with van der Waals surface area (Å²) >= 11 is 0. The Labute approximate surface area is 196 Å². The highest BCUT2D eigenvalue weighted by molar-refractivity contribution is 6.06. The molecule has 1 aliphatic carbocycles. The van der Waals surface area contributed by atoms with E-state index < -0.39 is 5.41 Å². The Kier molecular flexibility index (Phi) is 3.89. The van der Waals surface area contributed by atoms with E-state index in [1.54, 1.807) is 6.20 Å². The smallest absolute Gasteiger partial charge is 0.237 e. The molecule has 1 N–H and O–H groups in total. The van der Waals surface area contributed by atoms with Crippen molar-refractivity contribution >= 4 is 28.3 Å². The summed E-state index contributed by atoms with van der Waals surface area (Å²) in [7, 11) is 0. The fraction of sp³-hybridized carbons (Fsp3) is 0.214. The van der Waals surface area contributed by atoms with Gasteiger partial charge in [-0.1, -0.05) is 12.1 Å². The van der Waals surface area contributed by atoms with Crippen LogP contribution in [0.3, 0.4) is 0 Å². The molecule has 34 heavy (non-hydrogen) atoms. The van der Waals surface area contributed by atoms with E-state index in [0.717, 1.165) is 41.7 Å². The lowest BCUT2D eigenvalue weighted by Gasteiger charge is -2.20. The van der Waals surface area contributed by atoms with Crippen molar-refractivity contribution in [3.63, 3.8) is 0 Å². The predicted octanol–water partition coefficient (Wildman–Crippen LogP) is 4.05. The molecule has 0 fully saturated rings. The molecule has 3 aliphatic rings. The molecule has 6 nitrogen and oxygen atoms in total. The van der Waals surface area contributed by atoms with Gasteiger partial charge in [-0.25, -0.2) is 4.98 Å². The maximum Gasteiger partial charge on any atom is 0.237 e. The van der Waals surface area contributed by atoms with Gasteiger partial charge in [-0.15, -0.1) is 0 Å². The zero-order valence-electron chi connectivity index (χ0n) is 18.5. The number of pyridine rings is 2. The van der Waals surface area contributed by atoms with E-state index in [0.29, 0.717) is 24.2 Å². The molecule has 2 aromatic heterocycles. The number of nitrogens with zero attached hydrogens (tertiary/aromatic N) is 4. The van der Waals surface area contributed by atoms with Crippen LogP contribution in [0.1, 0.15) is 33.5 Å². The second-order valence-electron chi connectivity index (χ2n) is 9.53. The SMILES string of the molecule is N#Cc1ccc2c(c1)CCN2Cc1ccc2cc3c(cc2n1)CC1(C3)C(=O)Nc2ncccc21. The van der Waals surface area contributed by atoms with Crippen molar-refractivity contribution in [3.05, 3.63) is 94.3 Å². The van der Waals surface area contributed by atoms with E-state index >= 15 is 0 Å². The minimum Gasteiger partial charge on any atom is -0.365 e. The van der Waals surface area contributed by atoms with Gasteiger partial charge in [0, 0.05) is 29.4 Å². The van der Waals surface area contributed by atoms with Crippen LogP contribution in [-0.4, -0.2) is 22.4 Å². The Bertz CT molecular complexity index is 1570. The van der Waals surface area contributed by atoms with Gasteiger partial charge in [0.2, 0.25) is 5.91 Å². The van der Waals surface area contributed by atoms with Crippen LogP contribution in [0.2, 0.25) is 0 Å². The Morgan fingerprint density at radius 3 is 2.82 bits per heavy atom. The molecule has 2 aromatic carbocycles. The van der Waals surface area contributed by atoms with Crippen molar-refractivity contribution < 1.29 is 4.79 Å². The van der Waals surface area contributed by atoms with Gasteiger partial charge in [0.25, 0.3) is 0 Å². The molecule has 0 radical (unpaired) electrons. The minimum absolute atomic E-state index is 0.0439. The van der Waals surface area contributed by atoms with Crippen molar-refractivity contribution in [1.82, 2.24) is 9.97 Å². The predicted molar refractivity (Wildman–Crippen MR) is 130 cm³/mol. The molecule has 1 spiro atoms. The van der Waals surface area contributed by atoms with Crippen LogP contribution >= 0.6 is 0 Å². The fourth-order valence-electron chi connectivity index (χ4n) is 5.92. The molecule has 1 amide bonds. The topological polar surface area (TPSA) is 81.9 Å². The Morgan fingerprint density at radius 1 is 1.06 bits per heavy atom. The van der Waals surface area contributed by atoms with Gasteiger partial charge in [0.1, 0.15) is 5.82 Å². The third-order valence-corrected chi connectivity index (χ3v) is 7.60. The highest BCUT2D eigenvalue weighted by atomic mass is 16.2. The molecule has 4 heterocycles. The Balaban J connectivity index is 1.21. The zero-order chi connectivity index (χ0) is 22.9. The van der Waals surface area contributed by atoms with Gasteiger partial charge in [0.05, 0.1) is 34.8 Å². The average molecular weight is 444 g/mol. The first-order valence-electron chi connectivity index (χ1n) is 11.6. The third kappa shape index (κ3) is 2.70. The molecule has 0 saturated carbocycles. The quantitative estimate of drug-likeness (QED) is 0.505. The van der Waals surface area contributed by atoms with Gasteiger partial charge in [-0.05, 0) is 78.4 Å². The first kappa shape index (κ1) is 19.2. The highest BCUT2D eigenvalue weighted by Gasteiger charge is 2.51. The van der Waals surface area contributed by atoms with Crippen molar-refractivity contribution in [2.24, 2.45) is 0 Å². The summed E-state index contributed by atoms with van der Waals surface area (Å²) in [6.45, 7) is 1.66. The molecule has 0 saturated heterocycles. The first-order chi connectivity index (χ1) is 16.6. The standard InChI is InChI=1S/C28H21N5O/c29-15-17-3-6-25-19(10-17)7-9-33(25)16-22-5-4-18-11-20-13-28(14-21(20)12-24(18)31-22)23-2-1-8-30-26(23)32-27(28)34/h1-6,8,10-12H,7,9,13-14,16H2,(H,30,32,34). The lowest BCUT2D eigenvalue weighted by atomic mass is 9.79. The number of anilines is 2. The van der Waals surface area contributed by atoms with Crippen LogP contribution in [0.5, 0.6) is 0 Å². The fourth-order valence-corrected chi connectivity index (χ4v) is 5.92. The van der Waals surface area contributed by atoms with E-state index in [4.69, 9.17) is 10.2 Å². The van der Waals surface area contributed by atoms with Gasteiger partial charge < -0.3 is 10.2 Å². The van der Waals surface area contributed by atoms with Gasteiger partial charge >= 0.3 is 0 Å². The zero-order valence-corrected chi connectivity index (χ0v) is 18.5. The Hall–Kier alpha value is -4.24. The lowest BCUT2D eigenvalue weighted by Crippen LogP contribution is -2.35. The number of fused-ring (bicyclic) bond motifs is 5. The van der Waals surface area contributed by atoms with Gasteiger partial charge in [0.15, 0.2) is 0 Å². The maximum absolute atomic E-state index is 13.0. The number of aromatic nitrogens is 2. The molecule has 1 atom stereocenters. The van der Waals surface area contributed by atoms with Crippen LogP contribution in [0.4, 0.5) is 11.5 Å². The summed E-state index contributed by atoms with van der Waals surface area (Å²) in [4.78, 5) is 24.7. The molecular weight excluding hydrogens is 422 g/mol. The van der Waals surface area contributed by atoms with Crippen molar-refractivity contribution in [2.45, 2.75) is 31.2 Å². The minimum atomic E-state index is -0.562. The average Bonchev–Trinajstić information content (AvgIpc) is 3.51. The number of benzene rings is 2. The van der Waals surface area contributed by atoms with Crippen LogP contribution < -0.4 is 10.2 Å². The van der Waals surface area contributed by atoms with Crippen molar-refractivity contribution in [2.75, 3.05) is 16.8 Å². The highest BCUT2D eigenvalue weighted by Crippen LogP contribution is 2.47. The molecule has 0 bridgehead atoms. The number of carbonyl (C=O) groups is 1. The van der Waals surface area contributed by atoms with E-state index in [1.807, 2.05) is 30.3 Å². The van der Waals surface area contributed by atoms with E-state index in [2.05, 4.69) is 45.5 Å². The monoisotopic (exact) mass is 443 g/mol. The summed E-state index contributed by atoms with van der Waals surface area (Å²) in [6.07, 6.45) is 4.04. The number of rotatable bonds is 2. The third-order valence-electron chi connectivity index (χ3n) is 7.60. The number of nitriles is 1. The lowest BCUT2D eigenvalue weighted by molar-refractivity contribution is -0.120. The molecule has 2 aliphatic heterocycles. The van der Waals surface area contributed by atoms with E-state index in [9.17, 15) is 4.79 Å². The van der Waals surface area contributed by atoms with Crippen molar-refractivity contribution in [1.29, 1.82) is 5.26 Å². The van der Waals surface area contributed by atoms with Gasteiger partial charge in [-0.3, -0.25) is 9.78 Å². The molecule has 4 aromatic rings. The molecule has 164 valence electrons. The van der Waals surface area contributed by atoms with E-state index in [1.165, 1.54) is 22.4 Å². The largest absolute Gasteiger partial charge is 0.365 e. The van der Waals surface area contributed by atoms with Crippen LogP contribution in [0.15, 0.2) is 60.8 Å². The van der Waals surface area contributed by atoms with Crippen LogP contribution in [0.25, 0.3) is 10.9 Å². The summed E-state index contributed by atoms with van der Waals surface area (Å²) < 4.78 is 0.